The standard InChI is InChI=1S/C14H27N3O/c1-11-4-3-5-12(2)17(11)14(18)10-16-8-6-13(15)7-9-16/h11-13H,3-10,15H2,1-2H3/t11-,12+. The van der Waals surface area contributed by atoms with Crippen LogP contribution >= 0.6 is 0 Å². The van der Waals surface area contributed by atoms with Gasteiger partial charge in [-0.15, -0.1) is 0 Å². The highest BCUT2D eigenvalue weighted by atomic mass is 16.2. The van der Waals surface area contributed by atoms with E-state index in [2.05, 4.69) is 23.6 Å². The molecule has 4 nitrogen and oxygen atoms in total. The van der Waals surface area contributed by atoms with E-state index in [1.54, 1.807) is 0 Å². The molecule has 2 atom stereocenters. The molecule has 0 aromatic heterocycles. The van der Waals surface area contributed by atoms with Crippen molar-refractivity contribution in [2.24, 2.45) is 5.73 Å². The molecule has 0 aromatic carbocycles. The lowest BCUT2D eigenvalue weighted by Crippen LogP contribution is -2.52. The van der Waals surface area contributed by atoms with Crippen LogP contribution in [0.2, 0.25) is 0 Å². The predicted molar refractivity (Wildman–Crippen MR) is 73.3 cm³/mol. The molecule has 2 rings (SSSR count). The Bertz CT molecular complexity index is 277. The fourth-order valence-corrected chi connectivity index (χ4v) is 3.30. The van der Waals surface area contributed by atoms with Gasteiger partial charge in [0.2, 0.25) is 5.91 Å². The van der Waals surface area contributed by atoms with E-state index < -0.39 is 0 Å². The van der Waals surface area contributed by atoms with E-state index in [9.17, 15) is 4.79 Å². The lowest BCUT2D eigenvalue weighted by molar-refractivity contribution is -0.138. The lowest BCUT2D eigenvalue weighted by Gasteiger charge is -2.40. The van der Waals surface area contributed by atoms with Gasteiger partial charge in [0.15, 0.2) is 0 Å². The maximum atomic E-state index is 12.4. The van der Waals surface area contributed by atoms with Crippen LogP contribution in [0.1, 0.15) is 46.0 Å². The van der Waals surface area contributed by atoms with Gasteiger partial charge in [-0.3, -0.25) is 9.69 Å². The predicted octanol–water partition coefficient (Wildman–Crippen LogP) is 1.20. The molecule has 2 aliphatic rings. The van der Waals surface area contributed by atoms with Crippen molar-refractivity contribution >= 4 is 5.91 Å². The number of nitrogens with zero attached hydrogens (tertiary/aromatic N) is 2. The minimum atomic E-state index is 0.310. The Balaban J connectivity index is 1.86. The zero-order valence-electron chi connectivity index (χ0n) is 11.8. The number of piperidine rings is 2. The third-order valence-corrected chi connectivity index (χ3v) is 4.47. The van der Waals surface area contributed by atoms with Gasteiger partial charge in [0.25, 0.3) is 0 Å². The summed E-state index contributed by atoms with van der Waals surface area (Å²) in [6.07, 6.45) is 5.61. The Morgan fingerprint density at radius 3 is 2.22 bits per heavy atom. The fourth-order valence-electron chi connectivity index (χ4n) is 3.30. The van der Waals surface area contributed by atoms with Crippen LogP contribution in [-0.4, -0.2) is 53.5 Å². The van der Waals surface area contributed by atoms with Crippen LogP contribution in [0, 0.1) is 0 Å². The Morgan fingerprint density at radius 2 is 1.67 bits per heavy atom. The zero-order valence-corrected chi connectivity index (χ0v) is 11.8. The van der Waals surface area contributed by atoms with Crippen molar-refractivity contribution in [3.05, 3.63) is 0 Å². The largest absolute Gasteiger partial charge is 0.336 e. The van der Waals surface area contributed by atoms with Gasteiger partial charge in [0.1, 0.15) is 0 Å². The Hall–Kier alpha value is -0.610. The molecule has 2 N–H and O–H groups in total. The molecule has 2 fully saturated rings. The van der Waals surface area contributed by atoms with E-state index >= 15 is 0 Å². The maximum absolute atomic E-state index is 12.4. The van der Waals surface area contributed by atoms with Gasteiger partial charge < -0.3 is 10.6 Å². The van der Waals surface area contributed by atoms with Crippen molar-refractivity contribution in [2.45, 2.75) is 64.1 Å². The van der Waals surface area contributed by atoms with Crippen molar-refractivity contribution in [3.8, 4) is 0 Å². The van der Waals surface area contributed by atoms with Crippen LogP contribution < -0.4 is 5.73 Å². The average Bonchev–Trinajstić information content (AvgIpc) is 2.32. The summed E-state index contributed by atoms with van der Waals surface area (Å²) in [6.45, 7) is 6.90. The molecule has 0 radical (unpaired) electrons. The second-order valence-electron chi connectivity index (χ2n) is 6.04. The van der Waals surface area contributed by atoms with Crippen molar-refractivity contribution in [1.82, 2.24) is 9.80 Å². The summed E-state index contributed by atoms with van der Waals surface area (Å²) in [5.41, 5.74) is 5.89. The van der Waals surface area contributed by atoms with Crippen LogP contribution in [0.25, 0.3) is 0 Å². The maximum Gasteiger partial charge on any atom is 0.237 e. The zero-order chi connectivity index (χ0) is 13.1. The van der Waals surface area contributed by atoms with Crippen molar-refractivity contribution in [1.29, 1.82) is 0 Å². The summed E-state index contributed by atoms with van der Waals surface area (Å²) in [5.74, 6) is 0.310. The molecule has 2 aliphatic heterocycles. The molecule has 0 unspecified atom stereocenters. The highest BCUT2D eigenvalue weighted by molar-refractivity contribution is 5.79. The third kappa shape index (κ3) is 3.23. The third-order valence-electron chi connectivity index (χ3n) is 4.47. The quantitative estimate of drug-likeness (QED) is 0.804. The van der Waals surface area contributed by atoms with E-state index in [1.165, 1.54) is 6.42 Å². The smallest absolute Gasteiger partial charge is 0.237 e. The number of carbonyl (C=O) groups excluding carboxylic acids is 1. The molecule has 0 bridgehead atoms. The minimum Gasteiger partial charge on any atom is -0.336 e. The Morgan fingerprint density at radius 1 is 1.11 bits per heavy atom. The van der Waals surface area contributed by atoms with E-state index in [0.717, 1.165) is 38.8 Å². The first-order valence-electron chi connectivity index (χ1n) is 7.37. The molecule has 0 saturated carbocycles. The summed E-state index contributed by atoms with van der Waals surface area (Å²) in [6, 6.07) is 1.16. The van der Waals surface area contributed by atoms with Crippen LogP contribution in [-0.2, 0) is 4.79 Å². The van der Waals surface area contributed by atoms with E-state index in [1.807, 2.05) is 0 Å². The van der Waals surface area contributed by atoms with Gasteiger partial charge in [0, 0.05) is 31.2 Å². The average molecular weight is 253 g/mol. The number of hydrogen-bond acceptors (Lipinski definition) is 3. The summed E-state index contributed by atoms with van der Waals surface area (Å²) >= 11 is 0. The molecule has 1 amide bonds. The summed E-state index contributed by atoms with van der Waals surface area (Å²) < 4.78 is 0. The van der Waals surface area contributed by atoms with Gasteiger partial charge in [-0.1, -0.05) is 0 Å². The normalized spacial score (nSPS) is 31.6. The van der Waals surface area contributed by atoms with Crippen LogP contribution in [0.5, 0.6) is 0 Å². The lowest BCUT2D eigenvalue weighted by atomic mass is 9.97. The number of carbonyl (C=O) groups is 1. The first-order valence-corrected chi connectivity index (χ1v) is 7.37. The van der Waals surface area contributed by atoms with Crippen LogP contribution in [0.15, 0.2) is 0 Å². The van der Waals surface area contributed by atoms with Gasteiger partial charge in [-0.2, -0.15) is 0 Å². The SMILES string of the molecule is C[C@@H]1CCC[C@H](C)N1C(=O)CN1CCC(N)CC1. The first kappa shape index (κ1) is 13.8. The van der Waals surface area contributed by atoms with Gasteiger partial charge in [-0.25, -0.2) is 0 Å². The molecule has 18 heavy (non-hydrogen) atoms. The highest BCUT2D eigenvalue weighted by Gasteiger charge is 2.30. The second kappa shape index (κ2) is 6.02. The Labute approximate surface area is 110 Å². The molecule has 2 saturated heterocycles. The van der Waals surface area contributed by atoms with E-state index in [0.29, 0.717) is 30.6 Å². The minimum absolute atomic E-state index is 0.310. The van der Waals surface area contributed by atoms with Gasteiger partial charge in [-0.05, 0) is 46.0 Å². The molecular formula is C14H27N3O. The molecule has 4 heteroatoms. The van der Waals surface area contributed by atoms with E-state index in [4.69, 9.17) is 5.73 Å². The van der Waals surface area contributed by atoms with Crippen LogP contribution in [0.3, 0.4) is 0 Å². The van der Waals surface area contributed by atoms with Crippen molar-refractivity contribution < 1.29 is 4.79 Å². The van der Waals surface area contributed by atoms with Gasteiger partial charge >= 0.3 is 0 Å². The number of likely N-dealkylation sites (tertiary alicyclic amines) is 2. The fraction of sp³-hybridized carbons (Fsp3) is 0.929. The molecule has 0 aliphatic carbocycles. The van der Waals surface area contributed by atoms with E-state index in [-0.39, 0.29) is 0 Å². The second-order valence-corrected chi connectivity index (χ2v) is 6.04. The topological polar surface area (TPSA) is 49.6 Å². The van der Waals surface area contributed by atoms with Crippen LogP contribution in [0.4, 0.5) is 0 Å². The summed E-state index contributed by atoms with van der Waals surface area (Å²) in [5, 5.41) is 0. The van der Waals surface area contributed by atoms with Crippen molar-refractivity contribution in [2.75, 3.05) is 19.6 Å². The molecule has 0 aromatic rings. The Kier molecular flexibility index (Phi) is 4.62. The van der Waals surface area contributed by atoms with Gasteiger partial charge in [0.05, 0.1) is 6.54 Å². The monoisotopic (exact) mass is 253 g/mol. The highest BCUT2D eigenvalue weighted by Crippen LogP contribution is 2.23. The number of nitrogens with two attached hydrogens (primary N) is 1. The van der Waals surface area contributed by atoms with Crippen molar-refractivity contribution in [3.63, 3.8) is 0 Å². The number of rotatable bonds is 2. The summed E-state index contributed by atoms with van der Waals surface area (Å²) in [7, 11) is 0. The number of amides is 1. The summed E-state index contributed by atoms with van der Waals surface area (Å²) in [4.78, 5) is 16.8. The molecular weight excluding hydrogens is 226 g/mol. The first-order chi connectivity index (χ1) is 8.58. The molecule has 0 spiro atoms. The molecule has 104 valence electrons. The molecule has 2 heterocycles. The number of hydrogen-bond donors (Lipinski definition) is 1.